The first-order chi connectivity index (χ1) is 7.61. The zero-order chi connectivity index (χ0) is 11.6. The van der Waals surface area contributed by atoms with Crippen LogP contribution in [0.4, 0.5) is 0 Å². The monoisotopic (exact) mass is 220 g/mol. The predicted octanol–water partition coefficient (Wildman–Crippen LogP) is 2.50. The number of aliphatic hydroxyl groups is 1. The van der Waals surface area contributed by atoms with Crippen LogP contribution in [0.1, 0.15) is 20.3 Å². The van der Waals surface area contributed by atoms with Crippen LogP contribution in [0.25, 0.3) is 0 Å². The van der Waals surface area contributed by atoms with Crippen LogP contribution in [-0.4, -0.2) is 17.3 Å². The maximum Gasteiger partial charge on any atom is 0.168 e. The summed E-state index contributed by atoms with van der Waals surface area (Å²) in [4.78, 5) is 0. The standard InChI is InChI=1S/C13H16O3/c1-3-13(2,14)8-10-9-15-11-6-4-5-7-12(11)16-10/h4-8,14H,3,9H2,1-2H3/b10-8-. The van der Waals surface area contributed by atoms with Crippen molar-refractivity contribution in [3.05, 3.63) is 36.1 Å². The molecule has 1 N–H and O–H groups in total. The van der Waals surface area contributed by atoms with Crippen LogP contribution in [0, 0.1) is 0 Å². The first-order valence-electron chi connectivity index (χ1n) is 5.44. The molecule has 1 unspecified atom stereocenters. The third-order valence-electron chi connectivity index (χ3n) is 2.65. The Morgan fingerprint density at radius 3 is 2.75 bits per heavy atom. The molecule has 0 bridgehead atoms. The van der Waals surface area contributed by atoms with Crippen molar-refractivity contribution in [3.63, 3.8) is 0 Å². The summed E-state index contributed by atoms with van der Waals surface area (Å²) >= 11 is 0. The summed E-state index contributed by atoms with van der Waals surface area (Å²) in [5.41, 5.74) is -0.842. The van der Waals surface area contributed by atoms with Gasteiger partial charge in [-0.25, -0.2) is 0 Å². The van der Waals surface area contributed by atoms with Gasteiger partial charge in [0.05, 0.1) is 5.60 Å². The summed E-state index contributed by atoms with van der Waals surface area (Å²) in [6, 6.07) is 7.51. The molecule has 3 nitrogen and oxygen atoms in total. The van der Waals surface area contributed by atoms with E-state index < -0.39 is 5.60 Å². The maximum atomic E-state index is 9.91. The Kier molecular flexibility index (Phi) is 2.88. The molecule has 1 heterocycles. The SMILES string of the molecule is CCC(C)(O)/C=C1/COc2ccccc2O1. The molecule has 0 fully saturated rings. The van der Waals surface area contributed by atoms with Gasteiger partial charge in [-0.3, -0.25) is 0 Å². The van der Waals surface area contributed by atoms with Crippen molar-refractivity contribution in [2.24, 2.45) is 0 Å². The van der Waals surface area contributed by atoms with E-state index in [2.05, 4.69) is 0 Å². The minimum atomic E-state index is -0.842. The van der Waals surface area contributed by atoms with Crippen LogP contribution < -0.4 is 9.47 Å². The fourth-order valence-corrected chi connectivity index (χ4v) is 1.49. The van der Waals surface area contributed by atoms with E-state index in [0.717, 1.165) is 5.75 Å². The molecular formula is C13H16O3. The second-order valence-corrected chi connectivity index (χ2v) is 4.16. The summed E-state index contributed by atoms with van der Waals surface area (Å²) < 4.78 is 11.2. The quantitative estimate of drug-likeness (QED) is 0.832. The Morgan fingerprint density at radius 2 is 2.06 bits per heavy atom. The molecule has 0 saturated carbocycles. The van der Waals surface area contributed by atoms with E-state index in [1.165, 1.54) is 0 Å². The number of rotatable bonds is 2. The van der Waals surface area contributed by atoms with Crippen molar-refractivity contribution in [1.82, 2.24) is 0 Å². The number of para-hydroxylation sites is 2. The van der Waals surface area contributed by atoms with Crippen LogP contribution in [0.5, 0.6) is 11.5 Å². The maximum absolute atomic E-state index is 9.91. The molecule has 1 aromatic rings. The van der Waals surface area contributed by atoms with Crippen molar-refractivity contribution in [1.29, 1.82) is 0 Å². The number of hydrogen-bond acceptors (Lipinski definition) is 3. The van der Waals surface area contributed by atoms with Gasteiger partial charge in [-0.1, -0.05) is 19.1 Å². The summed E-state index contributed by atoms with van der Waals surface area (Å²) in [7, 11) is 0. The smallest absolute Gasteiger partial charge is 0.168 e. The lowest BCUT2D eigenvalue weighted by Crippen LogP contribution is -2.23. The van der Waals surface area contributed by atoms with Gasteiger partial charge in [0.25, 0.3) is 0 Å². The predicted molar refractivity (Wildman–Crippen MR) is 61.6 cm³/mol. The third-order valence-corrected chi connectivity index (χ3v) is 2.65. The Balaban J connectivity index is 2.20. The molecule has 1 aliphatic rings. The number of hydrogen-bond donors (Lipinski definition) is 1. The molecule has 0 amide bonds. The number of benzene rings is 1. The van der Waals surface area contributed by atoms with Crippen molar-refractivity contribution in [2.75, 3.05) is 6.61 Å². The normalized spacial score (nSPS) is 20.6. The van der Waals surface area contributed by atoms with Crippen LogP contribution in [0.15, 0.2) is 36.1 Å². The van der Waals surface area contributed by atoms with Crippen LogP contribution >= 0.6 is 0 Å². The minimum Gasteiger partial charge on any atom is -0.482 e. The first-order valence-corrected chi connectivity index (χ1v) is 5.44. The van der Waals surface area contributed by atoms with Crippen molar-refractivity contribution >= 4 is 0 Å². The molecular weight excluding hydrogens is 204 g/mol. The van der Waals surface area contributed by atoms with Gasteiger partial charge in [0.15, 0.2) is 11.5 Å². The van der Waals surface area contributed by atoms with Gasteiger partial charge in [0.1, 0.15) is 12.4 Å². The summed E-state index contributed by atoms with van der Waals surface area (Å²) in [5, 5.41) is 9.91. The Morgan fingerprint density at radius 1 is 1.38 bits per heavy atom. The summed E-state index contributed by atoms with van der Waals surface area (Å²) in [5.74, 6) is 2.10. The van der Waals surface area contributed by atoms with Crippen molar-refractivity contribution < 1.29 is 14.6 Å². The lowest BCUT2D eigenvalue weighted by molar-refractivity contribution is 0.100. The van der Waals surface area contributed by atoms with E-state index in [0.29, 0.717) is 24.5 Å². The van der Waals surface area contributed by atoms with Crippen LogP contribution in [0.3, 0.4) is 0 Å². The van der Waals surface area contributed by atoms with Crippen LogP contribution in [-0.2, 0) is 0 Å². The Labute approximate surface area is 95.3 Å². The van der Waals surface area contributed by atoms with E-state index in [1.807, 2.05) is 31.2 Å². The second kappa shape index (κ2) is 4.18. The lowest BCUT2D eigenvalue weighted by Gasteiger charge is -2.23. The molecule has 0 saturated heterocycles. The highest BCUT2D eigenvalue weighted by molar-refractivity contribution is 5.42. The molecule has 16 heavy (non-hydrogen) atoms. The summed E-state index contributed by atoms with van der Waals surface area (Å²) in [6.07, 6.45) is 2.35. The third kappa shape index (κ3) is 2.36. The molecule has 0 radical (unpaired) electrons. The molecule has 3 heteroatoms. The molecule has 0 spiro atoms. The molecule has 0 aromatic heterocycles. The highest BCUT2D eigenvalue weighted by Gasteiger charge is 2.20. The average Bonchev–Trinajstić information content (AvgIpc) is 2.28. The van der Waals surface area contributed by atoms with E-state index in [9.17, 15) is 5.11 Å². The average molecular weight is 220 g/mol. The molecule has 1 aliphatic heterocycles. The Hall–Kier alpha value is -1.48. The summed E-state index contributed by atoms with van der Waals surface area (Å²) in [6.45, 7) is 4.05. The first kappa shape index (κ1) is 11.0. The van der Waals surface area contributed by atoms with E-state index in [4.69, 9.17) is 9.47 Å². The molecule has 1 aromatic carbocycles. The minimum absolute atomic E-state index is 0.368. The zero-order valence-corrected chi connectivity index (χ0v) is 9.56. The van der Waals surface area contributed by atoms with Gasteiger partial charge in [-0.05, 0) is 31.6 Å². The fraction of sp³-hybridized carbons (Fsp3) is 0.385. The fourth-order valence-electron chi connectivity index (χ4n) is 1.49. The van der Waals surface area contributed by atoms with Crippen molar-refractivity contribution in [3.8, 4) is 11.5 Å². The van der Waals surface area contributed by atoms with E-state index in [-0.39, 0.29) is 0 Å². The lowest BCUT2D eigenvalue weighted by atomic mass is 10.0. The van der Waals surface area contributed by atoms with E-state index in [1.54, 1.807) is 13.0 Å². The van der Waals surface area contributed by atoms with Gasteiger partial charge in [-0.15, -0.1) is 0 Å². The zero-order valence-electron chi connectivity index (χ0n) is 9.56. The van der Waals surface area contributed by atoms with Gasteiger partial charge in [-0.2, -0.15) is 0 Å². The highest BCUT2D eigenvalue weighted by atomic mass is 16.6. The van der Waals surface area contributed by atoms with Gasteiger partial charge in [0, 0.05) is 0 Å². The second-order valence-electron chi connectivity index (χ2n) is 4.16. The van der Waals surface area contributed by atoms with Gasteiger partial charge >= 0.3 is 0 Å². The highest BCUT2D eigenvalue weighted by Crippen LogP contribution is 2.32. The van der Waals surface area contributed by atoms with E-state index >= 15 is 0 Å². The van der Waals surface area contributed by atoms with Crippen molar-refractivity contribution in [2.45, 2.75) is 25.9 Å². The largest absolute Gasteiger partial charge is 0.482 e. The number of ether oxygens (including phenoxy) is 2. The molecule has 0 aliphatic carbocycles. The molecule has 2 rings (SSSR count). The van der Waals surface area contributed by atoms with Gasteiger partial charge in [0.2, 0.25) is 0 Å². The topological polar surface area (TPSA) is 38.7 Å². The number of fused-ring (bicyclic) bond motifs is 1. The molecule has 1 atom stereocenters. The van der Waals surface area contributed by atoms with Gasteiger partial charge < -0.3 is 14.6 Å². The van der Waals surface area contributed by atoms with Crippen LogP contribution in [0.2, 0.25) is 0 Å². The Bertz CT molecular complexity index is 407. The molecule has 86 valence electrons.